The van der Waals surface area contributed by atoms with E-state index in [2.05, 4.69) is 6.58 Å². The monoisotopic (exact) mass is 286 g/mol. The summed E-state index contributed by atoms with van der Waals surface area (Å²) in [4.78, 5) is 11.6. The van der Waals surface area contributed by atoms with Gasteiger partial charge in [0.1, 0.15) is 0 Å². The summed E-state index contributed by atoms with van der Waals surface area (Å²) in [5.74, 6) is -0.457. The van der Waals surface area contributed by atoms with E-state index in [0.717, 1.165) is 16.6 Å². The number of hydrogen-bond acceptors (Lipinski definition) is 1. The summed E-state index contributed by atoms with van der Waals surface area (Å²) >= 11 is 6.24. The van der Waals surface area contributed by atoms with Crippen LogP contribution in [0.5, 0.6) is 0 Å². The molecule has 1 aromatic heterocycles. The van der Waals surface area contributed by atoms with Crippen LogP contribution in [0, 0.1) is 0 Å². The molecule has 4 heteroatoms. The van der Waals surface area contributed by atoms with Crippen molar-refractivity contribution in [2.24, 2.45) is 5.73 Å². The lowest BCUT2D eigenvalue weighted by molar-refractivity contribution is 0.100. The number of rotatable bonds is 4. The van der Waals surface area contributed by atoms with Gasteiger partial charge in [-0.05, 0) is 25.1 Å². The zero-order valence-electron chi connectivity index (χ0n) is 11.1. The molecule has 0 bridgehead atoms. The molecular weight excluding hydrogens is 272 g/mol. The number of nitrogens with zero attached hydrogens (tertiary/aromatic N) is 1. The zero-order chi connectivity index (χ0) is 14.7. The molecular formula is C16H15ClN2O. The third-order valence-corrected chi connectivity index (χ3v) is 3.46. The number of fused-ring (bicyclic) bond motifs is 1. The lowest BCUT2D eigenvalue weighted by Gasteiger charge is -2.09. The van der Waals surface area contributed by atoms with Gasteiger partial charge in [0.05, 0.1) is 16.1 Å². The molecule has 0 spiro atoms. The maximum atomic E-state index is 11.6. The molecule has 0 unspecified atom stereocenters. The van der Waals surface area contributed by atoms with Gasteiger partial charge < -0.3 is 10.3 Å². The number of nitrogens with two attached hydrogens (primary N) is 1. The largest absolute Gasteiger partial charge is 0.366 e. The number of primary amides is 1. The Labute approximate surface area is 122 Å². The van der Waals surface area contributed by atoms with Gasteiger partial charge in [0, 0.05) is 17.3 Å². The molecule has 2 aromatic rings. The van der Waals surface area contributed by atoms with Crippen molar-refractivity contribution in [2.45, 2.75) is 6.92 Å². The van der Waals surface area contributed by atoms with Crippen molar-refractivity contribution in [3.05, 3.63) is 65.9 Å². The summed E-state index contributed by atoms with van der Waals surface area (Å²) in [6.07, 6.45) is 7.03. The van der Waals surface area contributed by atoms with Crippen LogP contribution in [0.1, 0.15) is 17.3 Å². The van der Waals surface area contributed by atoms with Gasteiger partial charge >= 0.3 is 0 Å². The van der Waals surface area contributed by atoms with Crippen LogP contribution in [0.25, 0.3) is 16.6 Å². The fourth-order valence-corrected chi connectivity index (χ4v) is 2.22. The van der Waals surface area contributed by atoms with Crippen LogP contribution in [-0.2, 0) is 0 Å². The van der Waals surface area contributed by atoms with Crippen molar-refractivity contribution in [1.29, 1.82) is 0 Å². The zero-order valence-corrected chi connectivity index (χ0v) is 11.9. The van der Waals surface area contributed by atoms with Gasteiger partial charge in [-0.2, -0.15) is 0 Å². The number of benzene rings is 1. The molecule has 1 heterocycles. The number of carbonyl (C=O) groups excluding carboxylic acids is 1. The summed E-state index contributed by atoms with van der Waals surface area (Å²) in [5.41, 5.74) is 7.49. The van der Waals surface area contributed by atoms with Crippen LogP contribution in [0.15, 0.2) is 60.3 Å². The lowest BCUT2D eigenvalue weighted by atomic mass is 10.1. The molecule has 20 heavy (non-hydrogen) atoms. The molecule has 2 rings (SSSR count). The second-order valence-electron chi connectivity index (χ2n) is 4.32. The van der Waals surface area contributed by atoms with Crippen LogP contribution >= 0.6 is 11.6 Å². The highest BCUT2D eigenvalue weighted by Crippen LogP contribution is 2.26. The highest BCUT2D eigenvalue weighted by atomic mass is 35.5. The normalized spacial score (nSPS) is 12.7. The number of hydrogen-bond donors (Lipinski definition) is 1. The Morgan fingerprint density at radius 1 is 1.40 bits per heavy atom. The van der Waals surface area contributed by atoms with E-state index >= 15 is 0 Å². The summed E-state index contributed by atoms with van der Waals surface area (Å²) in [5, 5.41) is 1.51. The van der Waals surface area contributed by atoms with Gasteiger partial charge in [0.25, 0.3) is 5.91 Å². The highest BCUT2D eigenvalue weighted by Gasteiger charge is 2.12. The van der Waals surface area contributed by atoms with E-state index in [1.165, 1.54) is 0 Å². The van der Waals surface area contributed by atoms with E-state index in [9.17, 15) is 4.79 Å². The first kappa shape index (κ1) is 14.2. The molecule has 0 aliphatic carbocycles. The number of halogens is 1. The second-order valence-corrected chi connectivity index (χ2v) is 4.73. The van der Waals surface area contributed by atoms with Crippen LogP contribution in [-0.4, -0.2) is 10.5 Å². The Balaban J connectivity index is 2.70. The van der Waals surface area contributed by atoms with E-state index in [1.54, 1.807) is 24.3 Å². The second kappa shape index (κ2) is 5.80. The molecule has 0 atom stereocenters. The average Bonchev–Trinajstić information content (AvgIpc) is 2.87. The van der Waals surface area contributed by atoms with Crippen LogP contribution in [0.3, 0.4) is 0 Å². The van der Waals surface area contributed by atoms with Crippen molar-refractivity contribution in [3.63, 3.8) is 0 Å². The smallest absolute Gasteiger partial charge is 0.250 e. The first-order valence-electron chi connectivity index (χ1n) is 6.12. The Morgan fingerprint density at radius 3 is 2.80 bits per heavy atom. The summed E-state index contributed by atoms with van der Waals surface area (Å²) < 4.78 is 1.87. The van der Waals surface area contributed by atoms with Crippen molar-refractivity contribution in [2.75, 3.05) is 0 Å². The molecule has 0 saturated heterocycles. The predicted octanol–water partition coefficient (Wildman–Crippen LogP) is 3.91. The minimum Gasteiger partial charge on any atom is -0.366 e. The van der Waals surface area contributed by atoms with Gasteiger partial charge in [0.2, 0.25) is 0 Å². The SMILES string of the molecule is C=C/C=C\C(Cl)=C(/C)n1ccc2cccc(C(N)=O)c21. The topological polar surface area (TPSA) is 48.0 Å². The molecule has 0 saturated carbocycles. The Kier molecular flexibility index (Phi) is 4.11. The average molecular weight is 287 g/mol. The van der Waals surface area contributed by atoms with E-state index < -0.39 is 5.91 Å². The maximum absolute atomic E-state index is 11.6. The first-order valence-corrected chi connectivity index (χ1v) is 6.49. The standard InChI is InChI=1S/C16H15ClN2O/c1-3-4-8-14(17)11(2)19-10-9-12-6-5-7-13(15(12)19)16(18)20/h3-10H,1H2,2H3,(H2,18,20)/b8-4-,14-11-. The van der Waals surface area contributed by atoms with Crippen LogP contribution < -0.4 is 5.73 Å². The van der Waals surface area contributed by atoms with Crippen LogP contribution in [0.2, 0.25) is 0 Å². The molecule has 1 aromatic carbocycles. The van der Waals surface area contributed by atoms with Crippen molar-refractivity contribution < 1.29 is 4.79 Å². The van der Waals surface area contributed by atoms with E-state index in [4.69, 9.17) is 17.3 Å². The molecule has 0 fully saturated rings. The van der Waals surface area contributed by atoms with Gasteiger partial charge in [0.15, 0.2) is 0 Å². The number of aromatic nitrogens is 1. The Bertz CT molecular complexity index is 738. The Hall–Kier alpha value is -2.26. The third-order valence-electron chi connectivity index (χ3n) is 3.06. The molecule has 0 aliphatic heterocycles. The molecule has 0 aliphatic rings. The predicted molar refractivity (Wildman–Crippen MR) is 84.5 cm³/mol. The summed E-state index contributed by atoms with van der Waals surface area (Å²) in [7, 11) is 0. The molecule has 1 amide bonds. The van der Waals surface area contributed by atoms with E-state index in [-0.39, 0.29) is 0 Å². The molecule has 0 radical (unpaired) electrons. The molecule has 3 nitrogen and oxygen atoms in total. The number of amides is 1. The van der Waals surface area contributed by atoms with Crippen molar-refractivity contribution >= 4 is 34.1 Å². The van der Waals surface area contributed by atoms with Gasteiger partial charge in [-0.25, -0.2) is 0 Å². The fourth-order valence-electron chi connectivity index (χ4n) is 2.06. The number of para-hydroxylation sites is 1. The van der Waals surface area contributed by atoms with Gasteiger partial charge in [-0.1, -0.05) is 42.5 Å². The minimum atomic E-state index is -0.457. The summed E-state index contributed by atoms with van der Waals surface area (Å²) in [6.45, 7) is 5.49. The van der Waals surface area contributed by atoms with Gasteiger partial charge in [-0.3, -0.25) is 4.79 Å². The minimum absolute atomic E-state index is 0.457. The maximum Gasteiger partial charge on any atom is 0.250 e. The van der Waals surface area contributed by atoms with Crippen molar-refractivity contribution in [3.8, 4) is 0 Å². The van der Waals surface area contributed by atoms with E-state index in [1.807, 2.05) is 35.9 Å². The van der Waals surface area contributed by atoms with E-state index in [0.29, 0.717) is 10.6 Å². The quantitative estimate of drug-likeness (QED) is 0.851. The first-order chi connectivity index (χ1) is 9.56. The third kappa shape index (κ3) is 2.53. The molecule has 102 valence electrons. The highest BCUT2D eigenvalue weighted by molar-refractivity contribution is 6.33. The number of carbonyl (C=O) groups is 1. The summed E-state index contributed by atoms with van der Waals surface area (Å²) in [6, 6.07) is 7.37. The van der Waals surface area contributed by atoms with Gasteiger partial charge in [-0.15, -0.1) is 0 Å². The Morgan fingerprint density at radius 2 is 2.15 bits per heavy atom. The fraction of sp³-hybridized carbons (Fsp3) is 0.0625. The lowest BCUT2D eigenvalue weighted by Crippen LogP contribution is -2.12. The number of allylic oxidation sites excluding steroid dienone is 5. The molecule has 2 N–H and O–H groups in total. The van der Waals surface area contributed by atoms with Crippen molar-refractivity contribution in [1.82, 2.24) is 4.57 Å². The van der Waals surface area contributed by atoms with Crippen LogP contribution in [0.4, 0.5) is 0 Å².